The van der Waals surface area contributed by atoms with Crippen LogP contribution in [0.3, 0.4) is 0 Å². The van der Waals surface area contributed by atoms with E-state index in [4.69, 9.17) is 4.74 Å². The highest BCUT2D eigenvalue weighted by atomic mass is 16.5. The van der Waals surface area contributed by atoms with Gasteiger partial charge in [0.05, 0.1) is 0 Å². The van der Waals surface area contributed by atoms with Gasteiger partial charge < -0.3 is 10.1 Å². The van der Waals surface area contributed by atoms with Crippen molar-refractivity contribution in [2.75, 3.05) is 6.54 Å². The van der Waals surface area contributed by atoms with Crippen molar-refractivity contribution in [2.45, 2.75) is 59.5 Å². The van der Waals surface area contributed by atoms with Gasteiger partial charge in [-0.1, -0.05) is 55.8 Å². The first-order chi connectivity index (χ1) is 12.4. The molecule has 3 heteroatoms. The van der Waals surface area contributed by atoms with Crippen LogP contribution in [0.15, 0.2) is 42.5 Å². The molecule has 2 aromatic carbocycles. The molecule has 0 spiro atoms. The van der Waals surface area contributed by atoms with Crippen molar-refractivity contribution in [2.24, 2.45) is 0 Å². The summed E-state index contributed by atoms with van der Waals surface area (Å²) in [6.07, 6.45) is 1.38. The van der Waals surface area contributed by atoms with Crippen molar-refractivity contribution in [3.8, 4) is 5.75 Å². The molecular weight excluding hydrogens is 322 g/mol. The predicted octanol–water partition coefficient (Wildman–Crippen LogP) is 4.94. The van der Waals surface area contributed by atoms with Crippen LogP contribution in [0, 0.1) is 13.8 Å². The summed E-state index contributed by atoms with van der Waals surface area (Å²) in [6, 6.07) is 14.7. The zero-order valence-electron chi connectivity index (χ0n) is 16.6. The Kier molecular flexibility index (Phi) is 7.26. The minimum atomic E-state index is -0.506. The monoisotopic (exact) mass is 353 g/mol. The van der Waals surface area contributed by atoms with E-state index in [2.05, 4.69) is 62.5 Å². The fourth-order valence-corrected chi connectivity index (χ4v) is 2.87. The molecule has 1 atom stereocenters. The summed E-state index contributed by atoms with van der Waals surface area (Å²) < 4.78 is 5.97. The molecule has 1 N–H and O–H groups in total. The number of ether oxygens (including phenoxy) is 1. The minimum Gasteiger partial charge on any atom is -0.481 e. The molecule has 1 unspecified atom stereocenters. The van der Waals surface area contributed by atoms with Crippen molar-refractivity contribution < 1.29 is 9.53 Å². The molecule has 0 heterocycles. The first-order valence-electron chi connectivity index (χ1n) is 9.47. The molecule has 0 aliphatic carbocycles. The Bertz CT molecular complexity index is 719. The molecular formula is C23H31NO2. The van der Waals surface area contributed by atoms with E-state index in [9.17, 15) is 4.79 Å². The number of rotatable bonds is 8. The minimum absolute atomic E-state index is 0.0647. The number of aryl methyl sites for hydroxylation is 3. The second-order valence-corrected chi connectivity index (χ2v) is 7.34. The molecule has 26 heavy (non-hydrogen) atoms. The van der Waals surface area contributed by atoms with Crippen LogP contribution in [-0.4, -0.2) is 18.6 Å². The Hall–Kier alpha value is -2.29. The third-order valence-corrected chi connectivity index (χ3v) is 4.53. The van der Waals surface area contributed by atoms with Gasteiger partial charge in [0.25, 0.3) is 5.91 Å². The normalized spacial score (nSPS) is 12.1. The summed E-state index contributed by atoms with van der Waals surface area (Å²) in [5.41, 5.74) is 4.84. The molecule has 0 fully saturated rings. The molecule has 0 saturated carbocycles. The second kappa shape index (κ2) is 9.42. The number of hydrogen-bond acceptors (Lipinski definition) is 2. The molecule has 0 saturated heterocycles. The fraction of sp³-hybridized carbons (Fsp3) is 0.435. The van der Waals surface area contributed by atoms with Crippen molar-refractivity contribution in [3.63, 3.8) is 0 Å². The van der Waals surface area contributed by atoms with E-state index in [0.717, 1.165) is 29.7 Å². The first kappa shape index (κ1) is 20.0. The number of hydrogen-bond donors (Lipinski definition) is 1. The number of carbonyl (C=O) groups is 1. The second-order valence-electron chi connectivity index (χ2n) is 7.34. The van der Waals surface area contributed by atoms with Crippen molar-refractivity contribution in [1.29, 1.82) is 0 Å². The summed E-state index contributed by atoms with van der Waals surface area (Å²) in [6.45, 7) is 10.9. The van der Waals surface area contributed by atoms with Gasteiger partial charge >= 0.3 is 0 Å². The van der Waals surface area contributed by atoms with Gasteiger partial charge in [0.15, 0.2) is 6.10 Å². The Morgan fingerprint density at radius 1 is 1.00 bits per heavy atom. The number of amides is 1. The number of carbonyl (C=O) groups excluding carboxylic acids is 1. The number of benzene rings is 2. The lowest BCUT2D eigenvalue weighted by Crippen LogP contribution is -2.37. The van der Waals surface area contributed by atoms with Crippen LogP contribution in [0.4, 0.5) is 0 Å². The van der Waals surface area contributed by atoms with Crippen molar-refractivity contribution >= 4 is 5.91 Å². The van der Waals surface area contributed by atoms with E-state index >= 15 is 0 Å². The van der Waals surface area contributed by atoms with Gasteiger partial charge in [-0.05, 0) is 62.3 Å². The fourth-order valence-electron chi connectivity index (χ4n) is 2.87. The third-order valence-electron chi connectivity index (χ3n) is 4.53. The van der Waals surface area contributed by atoms with E-state index in [0.29, 0.717) is 12.5 Å². The highest BCUT2D eigenvalue weighted by molar-refractivity contribution is 5.80. The van der Waals surface area contributed by atoms with Gasteiger partial charge in [0.1, 0.15) is 5.75 Å². The lowest BCUT2D eigenvalue weighted by molar-refractivity contribution is -0.127. The molecule has 0 radical (unpaired) electrons. The van der Waals surface area contributed by atoms with Crippen LogP contribution < -0.4 is 10.1 Å². The van der Waals surface area contributed by atoms with E-state index < -0.39 is 6.10 Å². The molecule has 140 valence electrons. The van der Waals surface area contributed by atoms with Gasteiger partial charge in [0, 0.05) is 6.54 Å². The van der Waals surface area contributed by atoms with E-state index in [1.807, 2.05) is 19.9 Å². The Morgan fingerprint density at radius 2 is 1.65 bits per heavy atom. The predicted molar refractivity (Wildman–Crippen MR) is 108 cm³/mol. The van der Waals surface area contributed by atoms with Crippen molar-refractivity contribution in [1.82, 2.24) is 5.32 Å². The topological polar surface area (TPSA) is 38.3 Å². The summed E-state index contributed by atoms with van der Waals surface area (Å²) in [5.74, 6) is 1.10. The zero-order valence-corrected chi connectivity index (χ0v) is 16.6. The van der Waals surface area contributed by atoms with Crippen LogP contribution in [0.25, 0.3) is 0 Å². The highest BCUT2D eigenvalue weighted by Gasteiger charge is 2.17. The molecule has 0 bridgehead atoms. The Labute approximate surface area is 157 Å². The Morgan fingerprint density at radius 3 is 2.31 bits per heavy atom. The molecule has 0 aliphatic rings. The lowest BCUT2D eigenvalue weighted by atomic mass is 10.0. The van der Waals surface area contributed by atoms with Crippen LogP contribution in [-0.2, 0) is 11.2 Å². The van der Waals surface area contributed by atoms with E-state index in [-0.39, 0.29) is 5.91 Å². The summed E-state index contributed by atoms with van der Waals surface area (Å²) in [4.78, 5) is 12.3. The molecule has 0 aromatic heterocycles. The Balaban J connectivity index is 1.82. The largest absolute Gasteiger partial charge is 0.481 e. The van der Waals surface area contributed by atoms with Crippen molar-refractivity contribution in [3.05, 3.63) is 64.7 Å². The molecule has 1 amide bonds. The maximum absolute atomic E-state index is 12.3. The van der Waals surface area contributed by atoms with Gasteiger partial charge in [0.2, 0.25) is 0 Å². The smallest absolute Gasteiger partial charge is 0.260 e. The summed E-state index contributed by atoms with van der Waals surface area (Å²) in [7, 11) is 0. The maximum Gasteiger partial charge on any atom is 0.260 e. The van der Waals surface area contributed by atoms with Crippen LogP contribution in [0.2, 0.25) is 0 Å². The first-order valence-corrected chi connectivity index (χ1v) is 9.47. The van der Waals surface area contributed by atoms with Crippen LogP contribution in [0.5, 0.6) is 5.75 Å². The van der Waals surface area contributed by atoms with Gasteiger partial charge in [-0.3, -0.25) is 4.79 Å². The lowest BCUT2D eigenvalue weighted by Gasteiger charge is -2.19. The van der Waals surface area contributed by atoms with Gasteiger partial charge in [-0.15, -0.1) is 0 Å². The van der Waals surface area contributed by atoms with Gasteiger partial charge in [-0.2, -0.15) is 0 Å². The van der Waals surface area contributed by atoms with E-state index in [1.165, 1.54) is 11.1 Å². The summed E-state index contributed by atoms with van der Waals surface area (Å²) in [5, 5.41) is 2.98. The summed E-state index contributed by atoms with van der Waals surface area (Å²) >= 11 is 0. The average molecular weight is 354 g/mol. The molecule has 2 aromatic rings. The molecule has 3 nitrogen and oxygen atoms in total. The quantitative estimate of drug-likeness (QED) is 0.682. The highest BCUT2D eigenvalue weighted by Crippen LogP contribution is 2.28. The average Bonchev–Trinajstić information content (AvgIpc) is 2.59. The molecule has 0 aliphatic heterocycles. The van der Waals surface area contributed by atoms with Crippen LogP contribution >= 0.6 is 0 Å². The standard InChI is InChI=1S/C23H31NO2/c1-16(2)21-13-10-18(4)15-22(21)26-19(5)23(25)24-14-6-7-20-11-8-17(3)9-12-20/h8-13,15-16,19H,6-7,14H2,1-5H3,(H,24,25). The molecule has 2 rings (SSSR count). The SMILES string of the molecule is Cc1ccc(CCCNC(=O)C(C)Oc2cc(C)ccc2C(C)C)cc1. The number of nitrogens with one attached hydrogen (secondary N) is 1. The van der Waals surface area contributed by atoms with Gasteiger partial charge in [-0.25, -0.2) is 0 Å². The zero-order chi connectivity index (χ0) is 19.1. The third kappa shape index (κ3) is 5.91. The van der Waals surface area contributed by atoms with Crippen LogP contribution in [0.1, 0.15) is 55.4 Å². The van der Waals surface area contributed by atoms with E-state index in [1.54, 1.807) is 0 Å². The maximum atomic E-state index is 12.3.